The van der Waals surface area contributed by atoms with Crippen LogP contribution in [0.2, 0.25) is 5.02 Å². The number of fused-ring (bicyclic) bond motifs is 2. The zero-order valence-corrected chi connectivity index (χ0v) is 11.6. The van der Waals surface area contributed by atoms with E-state index < -0.39 is 0 Å². The monoisotopic (exact) mass is 286 g/mol. The lowest BCUT2D eigenvalue weighted by Crippen LogP contribution is -2.34. The van der Waals surface area contributed by atoms with E-state index in [1.165, 1.54) is 6.20 Å². The highest BCUT2D eigenvalue weighted by atomic mass is 35.5. The molecular formula is C14H11ClN4O. The molecule has 0 fully saturated rings. The molecule has 1 amide bonds. The Morgan fingerprint density at radius 2 is 2.35 bits per heavy atom. The summed E-state index contributed by atoms with van der Waals surface area (Å²) in [6, 6.07) is 3.73. The van der Waals surface area contributed by atoms with Crippen molar-refractivity contribution >= 4 is 28.5 Å². The van der Waals surface area contributed by atoms with E-state index in [9.17, 15) is 4.79 Å². The maximum absolute atomic E-state index is 11.5. The van der Waals surface area contributed by atoms with Gasteiger partial charge in [0.25, 0.3) is 0 Å². The molecular weight excluding hydrogens is 276 g/mol. The van der Waals surface area contributed by atoms with E-state index in [2.05, 4.69) is 9.97 Å². The van der Waals surface area contributed by atoms with Crippen molar-refractivity contribution in [2.24, 2.45) is 0 Å². The molecule has 100 valence electrons. The summed E-state index contributed by atoms with van der Waals surface area (Å²) in [5, 5.41) is 10.1. The molecule has 1 aliphatic heterocycles. The minimum Gasteiger partial charge on any atom is -0.338 e. The number of pyridine rings is 2. The SMILES string of the molecule is CC(=O)N1CCc2nc3ncc(C#N)cc3c(Cl)c2C1. The first-order chi connectivity index (χ1) is 9.60. The molecule has 0 bridgehead atoms. The second-order valence-electron chi connectivity index (χ2n) is 4.75. The molecule has 0 saturated heterocycles. The van der Waals surface area contributed by atoms with Crippen molar-refractivity contribution < 1.29 is 4.79 Å². The average molecular weight is 287 g/mol. The summed E-state index contributed by atoms with van der Waals surface area (Å²) in [5.74, 6) is 0.0238. The van der Waals surface area contributed by atoms with Crippen LogP contribution < -0.4 is 0 Å². The molecule has 0 radical (unpaired) electrons. The average Bonchev–Trinajstić information content (AvgIpc) is 2.47. The van der Waals surface area contributed by atoms with Crippen molar-refractivity contribution in [1.82, 2.24) is 14.9 Å². The maximum atomic E-state index is 11.5. The molecule has 0 saturated carbocycles. The molecule has 3 heterocycles. The fraction of sp³-hybridized carbons (Fsp3) is 0.286. The fourth-order valence-electron chi connectivity index (χ4n) is 2.40. The molecule has 0 atom stereocenters. The number of aromatic nitrogens is 2. The van der Waals surface area contributed by atoms with Crippen LogP contribution >= 0.6 is 11.6 Å². The minimum absolute atomic E-state index is 0.0238. The van der Waals surface area contributed by atoms with Gasteiger partial charge in [-0.3, -0.25) is 4.79 Å². The highest BCUT2D eigenvalue weighted by Gasteiger charge is 2.23. The fourth-order valence-corrected chi connectivity index (χ4v) is 2.71. The Hall–Kier alpha value is -2.19. The Balaban J connectivity index is 2.19. The van der Waals surface area contributed by atoms with Crippen LogP contribution in [-0.2, 0) is 17.8 Å². The molecule has 20 heavy (non-hydrogen) atoms. The zero-order chi connectivity index (χ0) is 14.3. The number of rotatable bonds is 0. The molecule has 0 aliphatic carbocycles. The van der Waals surface area contributed by atoms with E-state index in [4.69, 9.17) is 16.9 Å². The first-order valence-electron chi connectivity index (χ1n) is 6.22. The number of hydrogen-bond donors (Lipinski definition) is 0. The third-order valence-corrected chi connectivity index (χ3v) is 3.93. The van der Waals surface area contributed by atoms with E-state index in [-0.39, 0.29) is 5.91 Å². The Morgan fingerprint density at radius 1 is 1.55 bits per heavy atom. The van der Waals surface area contributed by atoms with Gasteiger partial charge in [-0.25, -0.2) is 9.97 Å². The van der Waals surface area contributed by atoms with Crippen molar-refractivity contribution in [3.05, 3.63) is 34.1 Å². The summed E-state index contributed by atoms with van der Waals surface area (Å²) in [6.07, 6.45) is 2.16. The third-order valence-electron chi connectivity index (χ3n) is 3.50. The zero-order valence-electron chi connectivity index (χ0n) is 10.9. The normalized spacial score (nSPS) is 13.9. The number of amides is 1. The summed E-state index contributed by atoms with van der Waals surface area (Å²) < 4.78 is 0. The lowest BCUT2D eigenvalue weighted by Gasteiger charge is -2.28. The Bertz CT molecular complexity index is 766. The number of nitrogens with zero attached hydrogens (tertiary/aromatic N) is 4. The lowest BCUT2D eigenvalue weighted by atomic mass is 10.0. The maximum Gasteiger partial charge on any atom is 0.219 e. The van der Waals surface area contributed by atoms with Gasteiger partial charge in [-0.1, -0.05) is 11.6 Å². The van der Waals surface area contributed by atoms with Gasteiger partial charge in [-0.05, 0) is 6.07 Å². The largest absolute Gasteiger partial charge is 0.338 e. The predicted molar refractivity (Wildman–Crippen MR) is 74.1 cm³/mol. The highest BCUT2D eigenvalue weighted by molar-refractivity contribution is 6.36. The van der Waals surface area contributed by atoms with Crippen LogP contribution in [0.3, 0.4) is 0 Å². The van der Waals surface area contributed by atoms with Crippen LogP contribution in [0.15, 0.2) is 12.3 Å². The first kappa shape index (κ1) is 12.8. The van der Waals surface area contributed by atoms with Crippen LogP contribution in [0.1, 0.15) is 23.7 Å². The summed E-state index contributed by atoms with van der Waals surface area (Å²) in [6.45, 7) is 2.65. The van der Waals surface area contributed by atoms with Crippen LogP contribution in [0, 0.1) is 11.3 Å². The second kappa shape index (κ2) is 4.73. The van der Waals surface area contributed by atoms with Crippen LogP contribution in [0.4, 0.5) is 0 Å². The smallest absolute Gasteiger partial charge is 0.219 e. The van der Waals surface area contributed by atoms with Gasteiger partial charge in [0.2, 0.25) is 5.91 Å². The molecule has 0 unspecified atom stereocenters. The molecule has 1 aliphatic rings. The predicted octanol–water partition coefficient (Wildman–Crippen LogP) is 2.06. The van der Waals surface area contributed by atoms with Crippen LogP contribution in [-0.4, -0.2) is 27.3 Å². The molecule has 3 rings (SSSR count). The molecule has 5 nitrogen and oxygen atoms in total. The number of halogens is 1. The molecule has 6 heteroatoms. The summed E-state index contributed by atoms with van der Waals surface area (Å²) in [5.41, 5.74) is 2.74. The Kier molecular flexibility index (Phi) is 3.03. The summed E-state index contributed by atoms with van der Waals surface area (Å²) in [7, 11) is 0. The summed E-state index contributed by atoms with van der Waals surface area (Å²) in [4.78, 5) is 21.9. The lowest BCUT2D eigenvalue weighted by molar-refractivity contribution is -0.129. The molecule has 0 aromatic carbocycles. The van der Waals surface area contributed by atoms with Gasteiger partial charge < -0.3 is 4.90 Å². The first-order valence-corrected chi connectivity index (χ1v) is 6.60. The molecule has 0 N–H and O–H groups in total. The number of carbonyl (C=O) groups is 1. The van der Waals surface area contributed by atoms with E-state index in [0.29, 0.717) is 41.1 Å². The van der Waals surface area contributed by atoms with Gasteiger partial charge in [0.1, 0.15) is 6.07 Å². The van der Waals surface area contributed by atoms with Gasteiger partial charge in [-0.2, -0.15) is 5.26 Å². The minimum atomic E-state index is 0.0238. The number of nitriles is 1. The van der Waals surface area contributed by atoms with E-state index >= 15 is 0 Å². The van der Waals surface area contributed by atoms with Gasteiger partial charge in [-0.15, -0.1) is 0 Å². The van der Waals surface area contributed by atoms with Crippen molar-refractivity contribution in [2.45, 2.75) is 19.9 Å². The van der Waals surface area contributed by atoms with Crippen molar-refractivity contribution in [1.29, 1.82) is 5.26 Å². The standard InChI is InChI=1S/C14H11ClN4O/c1-8(20)19-3-2-12-11(7-19)13(15)10-4-9(5-16)6-17-14(10)18-12/h4,6H,2-3,7H2,1H3. The van der Waals surface area contributed by atoms with Crippen LogP contribution in [0.5, 0.6) is 0 Å². The quantitative estimate of drug-likeness (QED) is 0.743. The Labute approximate surface area is 120 Å². The number of hydrogen-bond acceptors (Lipinski definition) is 4. The topological polar surface area (TPSA) is 69.9 Å². The van der Waals surface area contributed by atoms with Crippen molar-refractivity contribution in [3.8, 4) is 6.07 Å². The van der Waals surface area contributed by atoms with E-state index in [0.717, 1.165) is 11.3 Å². The Morgan fingerprint density at radius 3 is 3.05 bits per heavy atom. The second-order valence-corrected chi connectivity index (χ2v) is 5.13. The van der Waals surface area contributed by atoms with Crippen molar-refractivity contribution in [2.75, 3.05) is 6.54 Å². The van der Waals surface area contributed by atoms with Gasteiger partial charge in [0.05, 0.1) is 16.3 Å². The van der Waals surface area contributed by atoms with E-state index in [1.807, 2.05) is 6.07 Å². The van der Waals surface area contributed by atoms with E-state index in [1.54, 1.807) is 17.9 Å². The molecule has 2 aromatic heterocycles. The van der Waals surface area contributed by atoms with Gasteiger partial charge in [0, 0.05) is 43.6 Å². The third kappa shape index (κ3) is 1.98. The van der Waals surface area contributed by atoms with Gasteiger partial charge >= 0.3 is 0 Å². The van der Waals surface area contributed by atoms with Gasteiger partial charge in [0.15, 0.2) is 5.65 Å². The van der Waals surface area contributed by atoms with Crippen molar-refractivity contribution in [3.63, 3.8) is 0 Å². The summed E-state index contributed by atoms with van der Waals surface area (Å²) >= 11 is 6.43. The highest BCUT2D eigenvalue weighted by Crippen LogP contribution is 2.31. The number of carbonyl (C=O) groups excluding carboxylic acids is 1. The van der Waals surface area contributed by atoms with Crippen LogP contribution in [0.25, 0.3) is 11.0 Å². The molecule has 2 aromatic rings. The molecule has 0 spiro atoms.